The lowest BCUT2D eigenvalue weighted by Crippen LogP contribution is -2.68. The van der Waals surface area contributed by atoms with Crippen molar-refractivity contribution in [2.24, 2.45) is 11.1 Å². The predicted octanol–water partition coefficient (Wildman–Crippen LogP) is 1.31. The van der Waals surface area contributed by atoms with E-state index >= 15 is 0 Å². The molecule has 1 amide bonds. The van der Waals surface area contributed by atoms with Crippen LogP contribution < -0.4 is 11.1 Å². The highest BCUT2D eigenvalue weighted by Gasteiger charge is 2.51. The van der Waals surface area contributed by atoms with E-state index in [9.17, 15) is 4.79 Å². The number of rotatable bonds is 7. The molecule has 1 heterocycles. The molecule has 0 spiro atoms. The van der Waals surface area contributed by atoms with Crippen LogP contribution in [0.25, 0.3) is 0 Å². The van der Waals surface area contributed by atoms with Crippen LogP contribution in [0.1, 0.15) is 34.1 Å². The average Bonchev–Trinajstić information content (AvgIpc) is 2.36. The zero-order valence-electron chi connectivity index (χ0n) is 12.8. The van der Waals surface area contributed by atoms with Crippen molar-refractivity contribution in [3.63, 3.8) is 0 Å². The predicted molar refractivity (Wildman–Crippen MR) is 83.4 cm³/mol. The Hall–Kier alpha value is -0.260. The van der Waals surface area contributed by atoms with Crippen LogP contribution in [0.2, 0.25) is 0 Å². The number of carbonyl (C=O) groups excluding carboxylic acids is 1. The summed E-state index contributed by atoms with van der Waals surface area (Å²) in [6.45, 7) is 12.5. The first-order valence-electron chi connectivity index (χ1n) is 7.24. The van der Waals surface area contributed by atoms with Crippen molar-refractivity contribution in [3.8, 4) is 0 Å². The molecule has 1 fully saturated rings. The zero-order valence-corrected chi connectivity index (χ0v) is 13.6. The van der Waals surface area contributed by atoms with Gasteiger partial charge >= 0.3 is 0 Å². The lowest BCUT2D eigenvalue weighted by molar-refractivity contribution is -0.128. The van der Waals surface area contributed by atoms with Gasteiger partial charge in [-0.3, -0.25) is 4.79 Å². The normalized spacial score (nSPS) is 26.6. The summed E-state index contributed by atoms with van der Waals surface area (Å²) in [5.41, 5.74) is 5.09. The van der Waals surface area contributed by atoms with E-state index in [1.165, 1.54) is 0 Å². The number of likely N-dealkylation sites (N-methyl/N-ethyl adjacent to an activating group) is 1. The quantitative estimate of drug-likeness (QED) is 0.741. The molecule has 0 aromatic heterocycles. The highest BCUT2D eigenvalue weighted by molar-refractivity contribution is 7.99. The minimum atomic E-state index is -0.566. The maximum atomic E-state index is 12.0. The van der Waals surface area contributed by atoms with Gasteiger partial charge in [-0.1, -0.05) is 27.7 Å². The molecule has 0 aromatic rings. The molecule has 1 aliphatic rings. The van der Waals surface area contributed by atoms with Gasteiger partial charge in [0, 0.05) is 18.8 Å². The lowest BCUT2D eigenvalue weighted by Gasteiger charge is -2.48. The van der Waals surface area contributed by atoms with Crippen molar-refractivity contribution in [2.75, 3.05) is 37.7 Å². The Bertz CT molecular complexity index is 305. The van der Waals surface area contributed by atoms with E-state index in [4.69, 9.17) is 5.73 Å². The Labute approximate surface area is 121 Å². The van der Waals surface area contributed by atoms with Gasteiger partial charge in [0.2, 0.25) is 5.91 Å². The highest BCUT2D eigenvalue weighted by Crippen LogP contribution is 2.42. The molecular formula is C14H29N3OS. The van der Waals surface area contributed by atoms with Gasteiger partial charge in [0.1, 0.15) is 5.54 Å². The summed E-state index contributed by atoms with van der Waals surface area (Å²) in [7, 11) is 0. The maximum absolute atomic E-state index is 12.0. The minimum absolute atomic E-state index is 0.0760. The first-order chi connectivity index (χ1) is 8.89. The van der Waals surface area contributed by atoms with E-state index < -0.39 is 5.54 Å². The molecule has 3 N–H and O–H groups in total. The Morgan fingerprint density at radius 2 is 2.00 bits per heavy atom. The maximum Gasteiger partial charge on any atom is 0.239 e. The fourth-order valence-corrected chi connectivity index (χ4v) is 4.45. The average molecular weight is 287 g/mol. The molecule has 19 heavy (non-hydrogen) atoms. The third kappa shape index (κ3) is 3.64. The number of hydrogen-bond acceptors (Lipinski definition) is 4. The molecule has 0 radical (unpaired) electrons. The molecule has 1 saturated heterocycles. The smallest absolute Gasteiger partial charge is 0.239 e. The van der Waals surface area contributed by atoms with Crippen LogP contribution >= 0.6 is 11.8 Å². The van der Waals surface area contributed by atoms with Gasteiger partial charge < -0.3 is 16.0 Å². The molecule has 0 aliphatic carbocycles. The van der Waals surface area contributed by atoms with Crippen molar-refractivity contribution in [2.45, 2.75) is 39.7 Å². The van der Waals surface area contributed by atoms with E-state index in [0.717, 1.165) is 44.1 Å². The number of thioether (sulfide) groups is 1. The van der Waals surface area contributed by atoms with Gasteiger partial charge in [-0.05, 0) is 30.7 Å². The van der Waals surface area contributed by atoms with Crippen molar-refractivity contribution in [1.29, 1.82) is 0 Å². The molecule has 1 unspecified atom stereocenters. The van der Waals surface area contributed by atoms with Crippen LogP contribution in [-0.2, 0) is 4.79 Å². The van der Waals surface area contributed by atoms with E-state index in [1.54, 1.807) is 0 Å². The fraction of sp³-hybridized carbons (Fsp3) is 0.929. The molecule has 4 nitrogen and oxygen atoms in total. The Morgan fingerprint density at radius 3 is 2.47 bits per heavy atom. The van der Waals surface area contributed by atoms with Crippen LogP contribution in [0.15, 0.2) is 0 Å². The summed E-state index contributed by atoms with van der Waals surface area (Å²) in [6, 6.07) is 0. The Balaban J connectivity index is 2.69. The first-order valence-corrected chi connectivity index (χ1v) is 8.40. The summed E-state index contributed by atoms with van der Waals surface area (Å²) < 4.78 is 0. The third-order valence-electron chi connectivity index (χ3n) is 4.52. The summed E-state index contributed by atoms with van der Waals surface area (Å²) in [4.78, 5) is 14.4. The standard InChI is InChI=1S/C14H29N3OS/c1-5-17(6-2)9-8-16-14(12(15)18)11-19-10-7-13(14,3)4/h16H,5-11H2,1-4H3,(H2,15,18). The number of nitrogens with two attached hydrogens (primary N) is 1. The zero-order chi connectivity index (χ0) is 14.5. The van der Waals surface area contributed by atoms with Crippen molar-refractivity contribution < 1.29 is 4.79 Å². The molecule has 0 aromatic carbocycles. The molecule has 1 atom stereocenters. The number of hydrogen-bond donors (Lipinski definition) is 2. The van der Waals surface area contributed by atoms with Gasteiger partial charge in [-0.15, -0.1) is 0 Å². The number of carbonyl (C=O) groups is 1. The summed E-state index contributed by atoms with van der Waals surface area (Å²) in [5, 5.41) is 3.49. The van der Waals surface area contributed by atoms with Gasteiger partial charge in [0.15, 0.2) is 0 Å². The lowest BCUT2D eigenvalue weighted by atomic mass is 9.70. The van der Waals surface area contributed by atoms with Gasteiger partial charge in [-0.25, -0.2) is 0 Å². The monoisotopic (exact) mass is 287 g/mol. The van der Waals surface area contributed by atoms with E-state index in [1.807, 2.05) is 11.8 Å². The van der Waals surface area contributed by atoms with E-state index in [-0.39, 0.29) is 11.3 Å². The van der Waals surface area contributed by atoms with Crippen LogP contribution in [0.4, 0.5) is 0 Å². The number of nitrogens with zero attached hydrogens (tertiary/aromatic N) is 1. The highest BCUT2D eigenvalue weighted by atomic mass is 32.2. The van der Waals surface area contributed by atoms with Gasteiger partial charge in [-0.2, -0.15) is 11.8 Å². The largest absolute Gasteiger partial charge is 0.368 e. The Morgan fingerprint density at radius 1 is 1.37 bits per heavy atom. The molecule has 1 aliphatic heterocycles. The topological polar surface area (TPSA) is 58.4 Å². The van der Waals surface area contributed by atoms with Crippen LogP contribution in [0.3, 0.4) is 0 Å². The third-order valence-corrected chi connectivity index (χ3v) is 5.65. The second-order valence-electron chi connectivity index (χ2n) is 5.91. The molecular weight excluding hydrogens is 258 g/mol. The first kappa shape index (κ1) is 16.8. The molecule has 0 bridgehead atoms. The second-order valence-corrected chi connectivity index (χ2v) is 7.01. The molecule has 5 heteroatoms. The molecule has 0 saturated carbocycles. The number of amides is 1. The summed E-state index contributed by atoms with van der Waals surface area (Å²) in [6.07, 6.45) is 1.03. The summed E-state index contributed by atoms with van der Waals surface area (Å²) in [5.74, 6) is 1.69. The van der Waals surface area contributed by atoms with Crippen LogP contribution in [-0.4, -0.2) is 54.0 Å². The SMILES string of the molecule is CCN(CC)CCNC1(C(N)=O)CSCCC1(C)C. The summed E-state index contributed by atoms with van der Waals surface area (Å²) >= 11 is 1.83. The van der Waals surface area contributed by atoms with Crippen LogP contribution in [0, 0.1) is 5.41 Å². The molecule has 112 valence electrons. The van der Waals surface area contributed by atoms with E-state index in [0.29, 0.717) is 0 Å². The number of nitrogens with one attached hydrogen (secondary N) is 1. The van der Waals surface area contributed by atoms with Gasteiger partial charge in [0.05, 0.1) is 0 Å². The van der Waals surface area contributed by atoms with E-state index in [2.05, 4.69) is 37.9 Å². The van der Waals surface area contributed by atoms with Crippen molar-refractivity contribution >= 4 is 17.7 Å². The fourth-order valence-electron chi connectivity index (χ4n) is 2.71. The van der Waals surface area contributed by atoms with Crippen molar-refractivity contribution in [3.05, 3.63) is 0 Å². The van der Waals surface area contributed by atoms with Gasteiger partial charge in [0.25, 0.3) is 0 Å². The number of primary amides is 1. The Kier molecular flexibility index (Phi) is 6.15. The second kappa shape index (κ2) is 6.95. The van der Waals surface area contributed by atoms with Crippen molar-refractivity contribution in [1.82, 2.24) is 10.2 Å². The molecule has 1 rings (SSSR count). The minimum Gasteiger partial charge on any atom is -0.368 e. The van der Waals surface area contributed by atoms with Crippen LogP contribution in [0.5, 0.6) is 0 Å².